The number of rotatable bonds is 2. The number of benzene rings is 1. The van der Waals surface area contributed by atoms with E-state index in [4.69, 9.17) is 16.0 Å². The molecular weight excluding hydrogens is 240 g/mol. The Balaban J connectivity index is 3.01. The molecule has 0 spiro atoms. The fourth-order valence-electron chi connectivity index (χ4n) is 0.998. The van der Waals surface area contributed by atoms with Gasteiger partial charge in [0.1, 0.15) is 11.5 Å². The maximum atomic E-state index is 9.41. The fourth-order valence-corrected chi connectivity index (χ4v) is 2.24. The predicted octanol–water partition coefficient (Wildman–Crippen LogP) is 4.43. The van der Waals surface area contributed by atoms with Crippen LogP contribution in [-0.2, 0) is 0 Å². The zero-order valence-electron chi connectivity index (χ0n) is 10.5. The molecule has 0 aliphatic rings. The normalized spacial score (nSPS) is 12.6. The van der Waals surface area contributed by atoms with Crippen molar-refractivity contribution in [2.24, 2.45) is 0 Å². The molecule has 1 aromatic carbocycles. The van der Waals surface area contributed by atoms with Gasteiger partial charge < -0.3 is 9.53 Å². The maximum absolute atomic E-state index is 9.41. The molecule has 0 aliphatic heterocycles. The highest BCUT2D eigenvalue weighted by molar-refractivity contribution is 6.74. The minimum Gasteiger partial charge on any atom is -0.542 e. The van der Waals surface area contributed by atoms with E-state index >= 15 is 0 Å². The second-order valence-electron chi connectivity index (χ2n) is 5.48. The monoisotopic (exact) mass is 258 g/mol. The third kappa shape index (κ3) is 2.92. The molecule has 0 amide bonds. The molecule has 2 nitrogen and oxygen atoms in total. The lowest BCUT2D eigenvalue weighted by molar-refractivity contribution is 0.461. The van der Waals surface area contributed by atoms with Crippen molar-refractivity contribution in [2.75, 3.05) is 0 Å². The lowest BCUT2D eigenvalue weighted by Crippen LogP contribution is -2.43. The Morgan fingerprint density at radius 1 is 1.25 bits per heavy atom. The molecule has 0 saturated carbocycles. The van der Waals surface area contributed by atoms with E-state index in [1.165, 1.54) is 0 Å². The number of phenols is 1. The minimum absolute atomic E-state index is 0.113. The third-order valence-corrected chi connectivity index (χ3v) is 7.74. The average Bonchev–Trinajstić information content (AvgIpc) is 2.09. The summed E-state index contributed by atoms with van der Waals surface area (Å²) in [5, 5.41) is 10.1. The summed E-state index contributed by atoms with van der Waals surface area (Å²) in [6.07, 6.45) is 0. The third-order valence-electron chi connectivity index (χ3n) is 3.09. The van der Waals surface area contributed by atoms with Crippen LogP contribution in [0.1, 0.15) is 20.8 Å². The Kier molecular flexibility index (Phi) is 3.60. The summed E-state index contributed by atoms with van der Waals surface area (Å²) in [6.45, 7) is 10.8. The predicted molar refractivity (Wildman–Crippen MR) is 70.9 cm³/mol. The van der Waals surface area contributed by atoms with Gasteiger partial charge in [-0.15, -0.1) is 0 Å². The molecule has 0 saturated heterocycles. The lowest BCUT2D eigenvalue weighted by atomic mass is 10.2. The van der Waals surface area contributed by atoms with Crippen LogP contribution >= 0.6 is 11.6 Å². The van der Waals surface area contributed by atoms with Crippen LogP contribution in [0.25, 0.3) is 0 Å². The molecule has 4 heteroatoms. The van der Waals surface area contributed by atoms with Crippen LogP contribution in [-0.4, -0.2) is 13.4 Å². The Morgan fingerprint density at radius 3 is 2.31 bits per heavy atom. The van der Waals surface area contributed by atoms with Crippen LogP contribution < -0.4 is 4.43 Å². The smallest absolute Gasteiger partial charge is 0.250 e. The van der Waals surface area contributed by atoms with Gasteiger partial charge in [-0.2, -0.15) is 0 Å². The molecule has 1 aromatic rings. The number of halogens is 1. The Bertz CT molecular complexity index is 383. The summed E-state index contributed by atoms with van der Waals surface area (Å²) in [4.78, 5) is 0. The van der Waals surface area contributed by atoms with Crippen molar-refractivity contribution in [3.63, 3.8) is 0 Å². The fraction of sp³-hybridized carbons (Fsp3) is 0.500. The van der Waals surface area contributed by atoms with E-state index in [0.717, 1.165) is 0 Å². The Hall–Kier alpha value is -0.673. The van der Waals surface area contributed by atoms with Gasteiger partial charge in [-0.3, -0.25) is 0 Å². The van der Waals surface area contributed by atoms with Gasteiger partial charge in [0, 0.05) is 6.07 Å². The highest BCUT2D eigenvalue weighted by atomic mass is 35.5. The van der Waals surface area contributed by atoms with Crippen LogP contribution in [0.4, 0.5) is 0 Å². The molecule has 0 bridgehead atoms. The van der Waals surface area contributed by atoms with Gasteiger partial charge in [0.25, 0.3) is 8.32 Å². The second-order valence-corrected chi connectivity index (χ2v) is 10.6. The summed E-state index contributed by atoms with van der Waals surface area (Å²) < 4.78 is 6.02. The summed E-state index contributed by atoms with van der Waals surface area (Å²) >= 11 is 6.04. The standard InChI is InChI=1S/C12H19ClO2Si/c1-12(2,3)16(4,5)15-11-8-9(14)6-7-10(11)13/h6-8,14H,1-5H3. The van der Waals surface area contributed by atoms with Crippen molar-refractivity contribution in [3.05, 3.63) is 23.2 Å². The second kappa shape index (κ2) is 4.30. The molecule has 0 atom stereocenters. The first-order valence-electron chi connectivity index (χ1n) is 5.31. The van der Waals surface area contributed by atoms with Crippen molar-refractivity contribution in [1.82, 2.24) is 0 Å². The van der Waals surface area contributed by atoms with Crippen molar-refractivity contribution >= 4 is 19.9 Å². The molecular formula is C12H19ClO2Si. The van der Waals surface area contributed by atoms with Crippen LogP contribution in [0.15, 0.2) is 18.2 Å². The molecule has 0 heterocycles. The van der Waals surface area contributed by atoms with Crippen molar-refractivity contribution < 1.29 is 9.53 Å². The number of hydrogen-bond acceptors (Lipinski definition) is 2. The van der Waals surface area contributed by atoms with Crippen molar-refractivity contribution in [3.8, 4) is 11.5 Å². The number of phenolic OH excluding ortho intramolecular Hbond substituents is 1. The Labute approximate surface area is 103 Å². The number of aromatic hydroxyl groups is 1. The molecule has 0 aliphatic carbocycles. The zero-order chi connectivity index (χ0) is 12.6. The molecule has 0 aromatic heterocycles. The van der Waals surface area contributed by atoms with E-state index in [2.05, 4.69) is 33.9 Å². The minimum atomic E-state index is -1.90. The average molecular weight is 259 g/mol. The van der Waals surface area contributed by atoms with Gasteiger partial charge in [-0.25, -0.2) is 0 Å². The SMILES string of the molecule is CC(C)(C)[Si](C)(C)Oc1cc(O)ccc1Cl. The van der Waals surface area contributed by atoms with Gasteiger partial charge in [-0.05, 0) is 30.3 Å². The molecule has 16 heavy (non-hydrogen) atoms. The van der Waals surface area contributed by atoms with Crippen LogP contribution in [0.3, 0.4) is 0 Å². The molecule has 0 radical (unpaired) electrons. The van der Waals surface area contributed by atoms with E-state index in [1.807, 2.05) is 0 Å². The van der Waals surface area contributed by atoms with E-state index in [-0.39, 0.29) is 10.8 Å². The van der Waals surface area contributed by atoms with Gasteiger partial charge in [-0.1, -0.05) is 32.4 Å². The summed E-state index contributed by atoms with van der Waals surface area (Å²) in [5.74, 6) is 0.756. The van der Waals surface area contributed by atoms with E-state index < -0.39 is 8.32 Å². The first-order valence-corrected chi connectivity index (χ1v) is 8.60. The zero-order valence-corrected chi connectivity index (χ0v) is 12.2. The van der Waals surface area contributed by atoms with Crippen LogP contribution in [0.5, 0.6) is 11.5 Å². The topological polar surface area (TPSA) is 29.5 Å². The first kappa shape index (κ1) is 13.4. The highest BCUT2D eigenvalue weighted by Crippen LogP contribution is 2.39. The number of hydrogen-bond donors (Lipinski definition) is 1. The van der Waals surface area contributed by atoms with Gasteiger partial charge in [0.05, 0.1) is 5.02 Å². The van der Waals surface area contributed by atoms with Crippen LogP contribution in [0.2, 0.25) is 23.2 Å². The van der Waals surface area contributed by atoms with Crippen molar-refractivity contribution in [2.45, 2.75) is 38.9 Å². The van der Waals surface area contributed by atoms with E-state index in [9.17, 15) is 5.11 Å². The lowest BCUT2D eigenvalue weighted by Gasteiger charge is -2.36. The largest absolute Gasteiger partial charge is 0.542 e. The quantitative estimate of drug-likeness (QED) is 0.796. The highest BCUT2D eigenvalue weighted by Gasteiger charge is 2.39. The van der Waals surface area contributed by atoms with Gasteiger partial charge >= 0.3 is 0 Å². The summed E-state index contributed by atoms with van der Waals surface area (Å²) in [5.41, 5.74) is 0. The summed E-state index contributed by atoms with van der Waals surface area (Å²) in [7, 11) is -1.90. The van der Waals surface area contributed by atoms with Gasteiger partial charge in [0.2, 0.25) is 0 Å². The maximum Gasteiger partial charge on any atom is 0.250 e. The Morgan fingerprint density at radius 2 is 1.81 bits per heavy atom. The molecule has 0 fully saturated rings. The molecule has 0 unspecified atom stereocenters. The van der Waals surface area contributed by atoms with E-state index in [1.54, 1.807) is 18.2 Å². The molecule has 90 valence electrons. The molecule has 1 rings (SSSR count). The van der Waals surface area contributed by atoms with Gasteiger partial charge in [0.15, 0.2) is 0 Å². The van der Waals surface area contributed by atoms with E-state index in [0.29, 0.717) is 10.8 Å². The molecule has 1 N–H and O–H groups in total. The van der Waals surface area contributed by atoms with Crippen molar-refractivity contribution in [1.29, 1.82) is 0 Å². The summed E-state index contributed by atoms with van der Waals surface area (Å²) in [6, 6.07) is 4.78. The first-order chi connectivity index (χ1) is 7.13. The van der Waals surface area contributed by atoms with Crippen LogP contribution in [0, 0.1) is 0 Å².